The van der Waals surface area contributed by atoms with E-state index in [1.165, 1.54) is 5.57 Å². The Morgan fingerprint density at radius 2 is 2.62 bits per heavy atom. The van der Waals surface area contributed by atoms with Crippen LogP contribution in [0, 0.1) is 11.8 Å². The standard InChI is InChI=1S/C11H14O2/c1-2-13-11(12)7-9-6-8-4-3-5-10(8)9/h3-4,7-8,10H,2,5-6H2,1H3/t8-,10-/m1/s1. The third kappa shape index (κ3) is 1.53. The maximum absolute atomic E-state index is 11.1. The monoisotopic (exact) mass is 178 g/mol. The highest BCUT2D eigenvalue weighted by atomic mass is 16.5. The number of rotatable bonds is 2. The van der Waals surface area contributed by atoms with Gasteiger partial charge in [0.1, 0.15) is 0 Å². The second kappa shape index (κ2) is 3.36. The number of esters is 1. The van der Waals surface area contributed by atoms with Crippen LogP contribution >= 0.6 is 0 Å². The number of carbonyl (C=O) groups is 1. The van der Waals surface area contributed by atoms with Gasteiger partial charge in [-0.3, -0.25) is 0 Å². The minimum absolute atomic E-state index is 0.178. The lowest BCUT2D eigenvalue weighted by molar-refractivity contribution is -0.137. The van der Waals surface area contributed by atoms with E-state index in [9.17, 15) is 4.79 Å². The smallest absolute Gasteiger partial charge is 0.330 e. The van der Waals surface area contributed by atoms with E-state index in [-0.39, 0.29) is 5.97 Å². The van der Waals surface area contributed by atoms with Crippen LogP contribution in [0.2, 0.25) is 0 Å². The fraction of sp³-hybridized carbons (Fsp3) is 0.545. The van der Waals surface area contributed by atoms with Crippen LogP contribution in [0.4, 0.5) is 0 Å². The van der Waals surface area contributed by atoms with Crippen LogP contribution in [-0.4, -0.2) is 12.6 Å². The van der Waals surface area contributed by atoms with Gasteiger partial charge in [-0.2, -0.15) is 0 Å². The molecule has 0 unspecified atom stereocenters. The second-order valence-corrected chi connectivity index (χ2v) is 3.61. The van der Waals surface area contributed by atoms with E-state index in [4.69, 9.17) is 4.74 Å². The Balaban J connectivity index is 1.93. The second-order valence-electron chi connectivity index (χ2n) is 3.61. The molecular formula is C11H14O2. The van der Waals surface area contributed by atoms with Gasteiger partial charge in [-0.05, 0) is 31.6 Å². The summed E-state index contributed by atoms with van der Waals surface area (Å²) in [6.07, 6.45) is 8.31. The molecule has 2 nitrogen and oxygen atoms in total. The van der Waals surface area contributed by atoms with Crippen LogP contribution in [0.15, 0.2) is 23.8 Å². The molecule has 0 aromatic carbocycles. The highest BCUT2D eigenvalue weighted by Crippen LogP contribution is 2.46. The molecule has 0 heterocycles. The van der Waals surface area contributed by atoms with E-state index < -0.39 is 0 Å². The summed E-state index contributed by atoms with van der Waals surface area (Å²) >= 11 is 0. The van der Waals surface area contributed by atoms with Crippen LogP contribution in [0.3, 0.4) is 0 Å². The zero-order valence-electron chi connectivity index (χ0n) is 7.82. The van der Waals surface area contributed by atoms with Crippen molar-refractivity contribution < 1.29 is 9.53 Å². The van der Waals surface area contributed by atoms with Gasteiger partial charge >= 0.3 is 5.97 Å². The molecule has 1 fully saturated rings. The molecular weight excluding hydrogens is 164 g/mol. The van der Waals surface area contributed by atoms with Crippen LogP contribution < -0.4 is 0 Å². The normalized spacial score (nSPS) is 32.8. The number of allylic oxidation sites excluding steroid dienone is 3. The first-order chi connectivity index (χ1) is 6.31. The molecule has 0 aromatic heterocycles. The molecule has 0 saturated heterocycles. The number of hydrogen-bond donors (Lipinski definition) is 0. The van der Waals surface area contributed by atoms with Crippen molar-refractivity contribution in [2.24, 2.45) is 11.8 Å². The Bertz CT molecular complexity index is 276. The number of ether oxygens (including phenoxy) is 1. The Kier molecular flexibility index (Phi) is 2.21. The summed E-state index contributed by atoms with van der Waals surface area (Å²) in [4.78, 5) is 11.1. The Morgan fingerprint density at radius 3 is 3.31 bits per heavy atom. The summed E-state index contributed by atoms with van der Waals surface area (Å²) in [5.74, 6) is 1.15. The molecule has 0 aliphatic heterocycles. The molecule has 0 bridgehead atoms. The van der Waals surface area contributed by atoms with Gasteiger partial charge in [0.05, 0.1) is 6.61 Å². The highest BCUT2D eigenvalue weighted by molar-refractivity contribution is 5.83. The fourth-order valence-corrected chi connectivity index (χ4v) is 2.11. The van der Waals surface area contributed by atoms with E-state index in [0.717, 1.165) is 12.8 Å². The van der Waals surface area contributed by atoms with Gasteiger partial charge in [-0.1, -0.05) is 17.7 Å². The molecule has 2 atom stereocenters. The van der Waals surface area contributed by atoms with Gasteiger partial charge in [-0.15, -0.1) is 0 Å². The first-order valence-corrected chi connectivity index (χ1v) is 4.85. The van der Waals surface area contributed by atoms with E-state index in [1.807, 2.05) is 6.92 Å². The van der Waals surface area contributed by atoms with Crippen molar-refractivity contribution in [3.05, 3.63) is 23.8 Å². The largest absolute Gasteiger partial charge is 0.463 e. The molecule has 13 heavy (non-hydrogen) atoms. The lowest BCUT2D eigenvalue weighted by Crippen LogP contribution is -2.24. The molecule has 2 aliphatic carbocycles. The average molecular weight is 178 g/mol. The average Bonchev–Trinajstić information content (AvgIpc) is 2.43. The molecule has 70 valence electrons. The van der Waals surface area contributed by atoms with Gasteiger partial charge in [0.15, 0.2) is 0 Å². The summed E-state index contributed by atoms with van der Waals surface area (Å²) in [5, 5.41) is 0. The quantitative estimate of drug-likeness (QED) is 0.367. The third-order valence-corrected chi connectivity index (χ3v) is 2.83. The van der Waals surface area contributed by atoms with Gasteiger partial charge < -0.3 is 4.74 Å². The van der Waals surface area contributed by atoms with Gasteiger partial charge in [0.25, 0.3) is 0 Å². The highest BCUT2D eigenvalue weighted by Gasteiger charge is 2.36. The van der Waals surface area contributed by atoms with Gasteiger partial charge in [0, 0.05) is 6.08 Å². The molecule has 0 N–H and O–H groups in total. The number of fused-ring (bicyclic) bond motifs is 1. The lowest BCUT2D eigenvalue weighted by Gasteiger charge is -2.33. The molecule has 0 aromatic rings. The van der Waals surface area contributed by atoms with E-state index in [1.54, 1.807) is 6.08 Å². The van der Waals surface area contributed by atoms with Crippen molar-refractivity contribution >= 4 is 5.97 Å². The first-order valence-electron chi connectivity index (χ1n) is 4.85. The summed E-state index contributed by atoms with van der Waals surface area (Å²) in [6.45, 7) is 2.30. The van der Waals surface area contributed by atoms with Crippen LogP contribution in [-0.2, 0) is 9.53 Å². The Labute approximate surface area is 78.3 Å². The topological polar surface area (TPSA) is 26.3 Å². The molecule has 2 rings (SSSR count). The van der Waals surface area contributed by atoms with Crippen LogP contribution in [0.25, 0.3) is 0 Å². The van der Waals surface area contributed by atoms with Crippen LogP contribution in [0.1, 0.15) is 19.8 Å². The lowest BCUT2D eigenvalue weighted by atomic mass is 9.71. The van der Waals surface area contributed by atoms with Crippen molar-refractivity contribution in [2.45, 2.75) is 19.8 Å². The Morgan fingerprint density at radius 1 is 1.77 bits per heavy atom. The van der Waals surface area contributed by atoms with Crippen molar-refractivity contribution in [3.8, 4) is 0 Å². The SMILES string of the molecule is CCOC(=O)C=C1C[C@H]2C=CC[C@@H]12. The zero-order chi connectivity index (χ0) is 9.26. The maximum Gasteiger partial charge on any atom is 0.330 e. The number of hydrogen-bond acceptors (Lipinski definition) is 2. The molecule has 2 heteroatoms. The Hall–Kier alpha value is -1.05. The predicted octanol–water partition coefficient (Wildman–Crippen LogP) is 2.07. The molecule has 0 spiro atoms. The minimum Gasteiger partial charge on any atom is -0.463 e. The van der Waals surface area contributed by atoms with Gasteiger partial charge in [0.2, 0.25) is 0 Å². The maximum atomic E-state index is 11.1. The molecule has 0 amide bonds. The van der Waals surface area contributed by atoms with Crippen molar-refractivity contribution in [1.82, 2.24) is 0 Å². The summed E-state index contributed by atoms with van der Waals surface area (Å²) < 4.78 is 4.86. The van der Waals surface area contributed by atoms with Crippen LogP contribution in [0.5, 0.6) is 0 Å². The van der Waals surface area contributed by atoms with Crippen molar-refractivity contribution in [2.75, 3.05) is 6.61 Å². The fourth-order valence-electron chi connectivity index (χ4n) is 2.11. The zero-order valence-corrected chi connectivity index (χ0v) is 7.82. The minimum atomic E-state index is -0.178. The molecule has 0 radical (unpaired) electrons. The summed E-state index contributed by atoms with van der Waals surface area (Å²) in [5.41, 5.74) is 1.27. The third-order valence-electron chi connectivity index (χ3n) is 2.83. The van der Waals surface area contributed by atoms with E-state index in [2.05, 4.69) is 12.2 Å². The predicted molar refractivity (Wildman–Crippen MR) is 50.1 cm³/mol. The van der Waals surface area contributed by atoms with E-state index in [0.29, 0.717) is 18.4 Å². The first kappa shape index (κ1) is 8.54. The molecule has 2 aliphatic rings. The summed E-state index contributed by atoms with van der Waals surface area (Å²) in [6, 6.07) is 0. The number of carbonyl (C=O) groups excluding carboxylic acids is 1. The van der Waals surface area contributed by atoms with Crippen molar-refractivity contribution in [1.29, 1.82) is 0 Å². The van der Waals surface area contributed by atoms with E-state index >= 15 is 0 Å². The molecule has 1 saturated carbocycles. The van der Waals surface area contributed by atoms with Gasteiger partial charge in [-0.25, -0.2) is 4.79 Å². The summed E-state index contributed by atoms with van der Waals surface area (Å²) in [7, 11) is 0. The van der Waals surface area contributed by atoms with Crippen molar-refractivity contribution in [3.63, 3.8) is 0 Å².